The largest absolute Gasteiger partial charge is 0.371 e. The van der Waals surface area contributed by atoms with Crippen LogP contribution in [0.25, 0.3) is 0 Å². The van der Waals surface area contributed by atoms with Gasteiger partial charge in [0.2, 0.25) is 0 Å². The van der Waals surface area contributed by atoms with Crippen molar-refractivity contribution in [1.82, 2.24) is 0 Å². The predicted octanol–water partition coefficient (Wildman–Crippen LogP) is 4.35. The Labute approximate surface area is 131 Å². The van der Waals surface area contributed by atoms with Crippen LogP contribution in [-0.2, 0) is 6.42 Å². The van der Waals surface area contributed by atoms with E-state index in [1.165, 1.54) is 36.9 Å². The number of anilines is 1. The topological polar surface area (TPSA) is 29.3 Å². The third kappa shape index (κ3) is 3.98. The van der Waals surface area contributed by atoms with Gasteiger partial charge in [0, 0.05) is 29.3 Å². The van der Waals surface area contributed by atoms with Gasteiger partial charge < -0.3 is 10.6 Å². The van der Waals surface area contributed by atoms with Gasteiger partial charge in [0.05, 0.1) is 0 Å². The average molecular weight is 339 g/mol. The molecule has 0 aliphatic heterocycles. The monoisotopic (exact) mass is 338 g/mol. The number of nitrogens with zero attached hydrogens (tertiary/aromatic N) is 1. The molecule has 0 heterocycles. The highest BCUT2D eigenvalue weighted by molar-refractivity contribution is 9.10. The highest BCUT2D eigenvalue weighted by atomic mass is 79.9. The van der Waals surface area contributed by atoms with Gasteiger partial charge in [-0.15, -0.1) is 0 Å². The van der Waals surface area contributed by atoms with Crippen LogP contribution in [0.1, 0.15) is 45.1 Å². The molecule has 0 amide bonds. The fourth-order valence-corrected chi connectivity index (χ4v) is 3.68. The standard InChI is InChI=1S/C17H27BrN2/c1-12-5-4-6-16(9-12)20(3)17-11-15(18)8-7-14(17)10-13(2)19/h7-8,11-13,16H,4-6,9-10,19H2,1-3H3. The quantitative estimate of drug-likeness (QED) is 0.883. The minimum Gasteiger partial charge on any atom is -0.371 e. The molecule has 3 atom stereocenters. The Morgan fingerprint density at radius 3 is 2.80 bits per heavy atom. The summed E-state index contributed by atoms with van der Waals surface area (Å²) in [7, 11) is 2.25. The second-order valence-corrected chi connectivity index (χ2v) is 7.41. The van der Waals surface area contributed by atoms with Gasteiger partial charge in [-0.2, -0.15) is 0 Å². The Bertz CT molecular complexity index is 445. The Hall–Kier alpha value is -0.540. The number of benzene rings is 1. The summed E-state index contributed by atoms with van der Waals surface area (Å²) in [4.78, 5) is 2.48. The second kappa shape index (κ2) is 6.95. The molecule has 1 saturated carbocycles. The molecule has 0 spiro atoms. The van der Waals surface area contributed by atoms with Gasteiger partial charge in [-0.3, -0.25) is 0 Å². The minimum atomic E-state index is 0.202. The lowest BCUT2D eigenvalue weighted by Gasteiger charge is -2.37. The third-order valence-electron chi connectivity index (χ3n) is 4.43. The molecule has 1 aliphatic rings. The van der Waals surface area contributed by atoms with Crippen molar-refractivity contribution in [2.45, 2.75) is 58.0 Å². The minimum absolute atomic E-state index is 0.202. The summed E-state index contributed by atoms with van der Waals surface area (Å²) in [6, 6.07) is 7.45. The molecule has 0 saturated heterocycles. The van der Waals surface area contributed by atoms with Gasteiger partial charge in [0.25, 0.3) is 0 Å². The van der Waals surface area contributed by atoms with E-state index in [4.69, 9.17) is 5.73 Å². The normalized spacial score (nSPS) is 24.4. The molecule has 0 radical (unpaired) electrons. The van der Waals surface area contributed by atoms with E-state index in [-0.39, 0.29) is 6.04 Å². The van der Waals surface area contributed by atoms with Crippen LogP contribution < -0.4 is 10.6 Å². The molecule has 1 fully saturated rings. The van der Waals surface area contributed by atoms with Gasteiger partial charge in [-0.25, -0.2) is 0 Å². The van der Waals surface area contributed by atoms with Crippen molar-refractivity contribution in [2.24, 2.45) is 11.7 Å². The van der Waals surface area contributed by atoms with E-state index >= 15 is 0 Å². The lowest BCUT2D eigenvalue weighted by molar-refractivity contribution is 0.336. The Balaban J connectivity index is 2.22. The third-order valence-corrected chi connectivity index (χ3v) is 4.92. The van der Waals surface area contributed by atoms with E-state index in [0.29, 0.717) is 6.04 Å². The highest BCUT2D eigenvalue weighted by Gasteiger charge is 2.24. The molecule has 3 unspecified atom stereocenters. The Kier molecular flexibility index (Phi) is 5.50. The number of nitrogens with two attached hydrogens (primary N) is 1. The summed E-state index contributed by atoms with van der Waals surface area (Å²) in [5.41, 5.74) is 8.71. The molecule has 1 aromatic carbocycles. The van der Waals surface area contributed by atoms with Gasteiger partial charge in [0.1, 0.15) is 0 Å². The summed E-state index contributed by atoms with van der Waals surface area (Å²) in [6.07, 6.45) is 6.29. The van der Waals surface area contributed by atoms with Crippen molar-refractivity contribution in [3.8, 4) is 0 Å². The maximum Gasteiger partial charge on any atom is 0.0410 e. The Morgan fingerprint density at radius 1 is 1.40 bits per heavy atom. The van der Waals surface area contributed by atoms with Crippen LogP contribution in [0.2, 0.25) is 0 Å². The number of hydrogen-bond donors (Lipinski definition) is 1. The zero-order valence-corrected chi connectivity index (χ0v) is 14.5. The molecule has 1 aliphatic carbocycles. The fourth-order valence-electron chi connectivity index (χ4n) is 3.34. The summed E-state index contributed by atoms with van der Waals surface area (Å²) in [5.74, 6) is 0.847. The molecule has 20 heavy (non-hydrogen) atoms. The van der Waals surface area contributed by atoms with Crippen molar-refractivity contribution in [1.29, 1.82) is 0 Å². The van der Waals surface area contributed by atoms with Gasteiger partial charge >= 0.3 is 0 Å². The summed E-state index contributed by atoms with van der Waals surface area (Å²) in [5, 5.41) is 0. The zero-order valence-electron chi connectivity index (χ0n) is 12.9. The molecule has 2 rings (SSSR count). The summed E-state index contributed by atoms with van der Waals surface area (Å²) in [6.45, 7) is 4.46. The maximum absolute atomic E-state index is 6.00. The number of hydrogen-bond acceptors (Lipinski definition) is 2. The first-order chi connectivity index (χ1) is 9.47. The maximum atomic E-state index is 6.00. The fraction of sp³-hybridized carbons (Fsp3) is 0.647. The Morgan fingerprint density at radius 2 is 2.15 bits per heavy atom. The van der Waals surface area contributed by atoms with Crippen molar-refractivity contribution in [3.63, 3.8) is 0 Å². The predicted molar refractivity (Wildman–Crippen MR) is 91.3 cm³/mol. The molecule has 3 heteroatoms. The summed E-state index contributed by atoms with van der Waals surface area (Å²) < 4.78 is 1.15. The van der Waals surface area contributed by atoms with Crippen LogP contribution in [0.3, 0.4) is 0 Å². The van der Waals surface area contributed by atoms with Crippen molar-refractivity contribution >= 4 is 21.6 Å². The highest BCUT2D eigenvalue weighted by Crippen LogP contribution is 2.33. The van der Waals surface area contributed by atoms with Crippen LogP contribution in [0.5, 0.6) is 0 Å². The zero-order chi connectivity index (χ0) is 14.7. The second-order valence-electron chi connectivity index (χ2n) is 6.49. The molecule has 2 N–H and O–H groups in total. The molecule has 112 valence electrons. The first-order valence-corrected chi connectivity index (χ1v) is 8.53. The molecule has 2 nitrogen and oxygen atoms in total. The van der Waals surface area contributed by atoms with Gasteiger partial charge in [-0.1, -0.05) is 41.8 Å². The first kappa shape index (κ1) is 15.8. The number of rotatable bonds is 4. The SMILES string of the molecule is CC(N)Cc1ccc(Br)cc1N(C)C1CCCC(C)C1. The smallest absolute Gasteiger partial charge is 0.0410 e. The van der Waals surface area contributed by atoms with E-state index in [2.05, 4.69) is 59.9 Å². The van der Waals surface area contributed by atoms with Crippen LogP contribution in [-0.4, -0.2) is 19.1 Å². The van der Waals surface area contributed by atoms with Gasteiger partial charge in [-0.05, 0) is 49.8 Å². The van der Waals surface area contributed by atoms with Crippen molar-refractivity contribution in [3.05, 3.63) is 28.2 Å². The van der Waals surface area contributed by atoms with Crippen LogP contribution in [0.15, 0.2) is 22.7 Å². The van der Waals surface area contributed by atoms with E-state index in [1.54, 1.807) is 0 Å². The van der Waals surface area contributed by atoms with Crippen LogP contribution in [0, 0.1) is 5.92 Å². The molecular formula is C17H27BrN2. The van der Waals surface area contributed by atoms with E-state index in [9.17, 15) is 0 Å². The summed E-state index contributed by atoms with van der Waals surface area (Å²) >= 11 is 3.61. The van der Waals surface area contributed by atoms with Crippen LogP contribution >= 0.6 is 15.9 Å². The average Bonchev–Trinajstić information content (AvgIpc) is 2.39. The van der Waals surface area contributed by atoms with E-state index in [0.717, 1.165) is 16.8 Å². The molecular weight excluding hydrogens is 312 g/mol. The van der Waals surface area contributed by atoms with E-state index < -0.39 is 0 Å². The van der Waals surface area contributed by atoms with Gasteiger partial charge in [0.15, 0.2) is 0 Å². The first-order valence-electron chi connectivity index (χ1n) is 7.74. The molecule has 1 aromatic rings. The van der Waals surface area contributed by atoms with E-state index in [1.807, 2.05) is 0 Å². The lowest BCUT2D eigenvalue weighted by Crippen LogP contribution is -2.36. The van der Waals surface area contributed by atoms with Crippen molar-refractivity contribution in [2.75, 3.05) is 11.9 Å². The van der Waals surface area contributed by atoms with Crippen LogP contribution in [0.4, 0.5) is 5.69 Å². The van der Waals surface area contributed by atoms with Crippen molar-refractivity contribution < 1.29 is 0 Å². The lowest BCUT2D eigenvalue weighted by atomic mass is 9.86. The number of halogens is 1. The molecule has 0 bridgehead atoms. The molecule has 0 aromatic heterocycles.